The molecule has 0 unspecified atom stereocenters. The molecular weight excluding hydrogens is 218 g/mol. The van der Waals surface area contributed by atoms with Crippen molar-refractivity contribution in [2.75, 3.05) is 28.3 Å². The molecule has 0 saturated heterocycles. The lowest BCUT2D eigenvalue weighted by molar-refractivity contribution is -0.476. The molecule has 0 fully saturated rings. The summed E-state index contributed by atoms with van der Waals surface area (Å²) in [6, 6.07) is 8.47. The number of nitrogens with one attached hydrogen (secondary N) is 2. The minimum absolute atomic E-state index is 0.769. The third-order valence-corrected chi connectivity index (χ3v) is 2.04. The average Bonchev–Trinajstić information content (AvgIpc) is 2.79. The molecule has 0 radical (unpaired) electrons. The van der Waals surface area contributed by atoms with Gasteiger partial charge in [-0.1, -0.05) is 12.1 Å². The number of hydrogen-bond acceptors (Lipinski definition) is 3. The van der Waals surface area contributed by atoms with Crippen LogP contribution >= 0.6 is 0 Å². The second kappa shape index (κ2) is 6.47. The maximum atomic E-state index is 4.89. The van der Waals surface area contributed by atoms with Gasteiger partial charge >= 0.3 is 6.02 Å². The van der Waals surface area contributed by atoms with Crippen LogP contribution in [0.25, 0.3) is 11.0 Å². The van der Waals surface area contributed by atoms with E-state index in [2.05, 4.69) is 20.7 Å². The third-order valence-electron chi connectivity index (χ3n) is 2.04. The summed E-state index contributed by atoms with van der Waals surface area (Å²) in [4.78, 5) is 0. The molecule has 17 heavy (non-hydrogen) atoms. The summed E-state index contributed by atoms with van der Waals surface area (Å²) in [7, 11) is 7.27. The van der Waals surface area contributed by atoms with Crippen LogP contribution in [0.15, 0.2) is 24.3 Å². The number of benzene rings is 1. The van der Waals surface area contributed by atoms with Crippen molar-refractivity contribution in [3.63, 3.8) is 0 Å². The summed E-state index contributed by atoms with van der Waals surface area (Å²) in [6.07, 6.45) is 0. The Hall–Kier alpha value is -2.11. The first-order valence-corrected chi connectivity index (χ1v) is 5.20. The van der Waals surface area contributed by atoms with Crippen LogP contribution in [0.4, 0.5) is 0 Å². The number of rotatable bonds is 0. The van der Waals surface area contributed by atoms with Crippen molar-refractivity contribution in [3.05, 3.63) is 24.3 Å². The largest absolute Gasteiger partial charge is 0.443 e. The van der Waals surface area contributed by atoms with Gasteiger partial charge in [-0.15, -0.1) is 0 Å². The van der Waals surface area contributed by atoms with Gasteiger partial charge in [0, 0.05) is 0 Å². The molecule has 2 N–H and O–H groups in total. The Morgan fingerprint density at radius 3 is 2.06 bits per heavy atom. The van der Waals surface area contributed by atoms with Crippen LogP contribution in [-0.4, -0.2) is 54.3 Å². The van der Waals surface area contributed by atoms with Crippen molar-refractivity contribution < 1.29 is 9.31 Å². The molecule has 2 rings (SSSR count). The molecule has 0 amide bonds. The summed E-state index contributed by atoms with van der Waals surface area (Å²) >= 11 is 0. The van der Waals surface area contributed by atoms with Crippen molar-refractivity contribution in [1.29, 1.82) is 0 Å². The molecule has 0 aliphatic rings. The molecule has 1 aromatic heterocycles. The van der Waals surface area contributed by atoms with E-state index in [9.17, 15) is 0 Å². The number of H-pyrrole nitrogens is 1. The molecule has 0 aliphatic heterocycles. The van der Waals surface area contributed by atoms with Crippen LogP contribution in [0.3, 0.4) is 0 Å². The predicted octanol–water partition coefficient (Wildman–Crippen LogP) is 0.438. The zero-order valence-corrected chi connectivity index (χ0v) is 10.6. The highest BCUT2D eigenvalue weighted by atomic mass is 16.5. The van der Waals surface area contributed by atoms with Gasteiger partial charge in [0.25, 0.3) is 0 Å². The van der Waals surface area contributed by atoms with E-state index >= 15 is 0 Å². The maximum Gasteiger partial charge on any atom is 0.443 e. The number of aromatic nitrogens is 3. The molecule has 6 heteroatoms. The molecule has 1 aromatic carbocycles. The van der Waals surface area contributed by atoms with E-state index in [1.165, 1.54) is 0 Å². The van der Waals surface area contributed by atoms with Gasteiger partial charge in [0.1, 0.15) is 11.0 Å². The fourth-order valence-electron chi connectivity index (χ4n) is 1.29. The van der Waals surface area contributed by atoms with Gasteiger partial charge in [0.2, 0.25) is 0 Å². The van der Waals surface area contributed by atoms with E-state index in [0.29, 0.717) is 0 Å². The lowest BCUT2D eigenvalue weighted by atomic mass is 10.3. The molecule has 6 nitrogen and oxygen atoms in total. The highest BCUT2D eigenvalue weighted by molar-refractivity contribution is 5.72. The van der Waals surface area contributed by atoms with Gasteiger partial charge in [-0.3, -0.25) is 0 Å². The second-order valence-corrected chi connectivity index (χ2v) is 3.47. The zero-order chi connectivity index (χ0) is 12.7. The first kappa shape index (κ1) is 13.0. The summed E-state index contributed by atoms with van der Waals surface area (Å²) in [5.41, 5.74) is 1.83. The van der Waals surface area contributed by atoms with Crippen LogP contribution in [0.5, 0.6) is 0 Å². The molecule has 0 bridgehead atoms. The van der Waals surface area contributed by atoms with Gasteiger partial charge in [-0.25, -0.2) is 9.89 Å². The predicted molar refractivity (Wildman–Crippen MR) is 67.1 cm³/mol. The van der Waals surface area contributed by atoms with Crippen LogP contribution in [0, 0.1) is 0 Å². The Bertz CT molecular complexity index is 451. The Labute approximate surface area is 100 Å². The van der Waals surface area contributed by atoms with Crippen molar-refractivity contribution in [2.45, 2.75) is 0 Å². The number of fused-ring (bicyclic) bond motifs is 1. The molecule has 1 heterocycles. The summed E-state index contributed by atoms with van der Waals surface area (Å²) in [6.45, 7) is 0. The van der Waals surface area contributed by atoms with E-state index < -0.39 is 0 Å². The highest BCUT2D eigenvalue weighted by Gasteiger charge is 1.99. The van der Waals surface area contributed by atoms with Crippen LogP contribution in [0.2, 0.25) is 0 Å². The monoisotopic (exact) mass is 236 g/mol. The fourth-order valence-corrected chi connectivity index (χ4v) is 1.29. The first-order valence-electron chi connectivity index (χ1n) is 5.20. The quantitative estimate of drug-likeness (QED) is 0.396. The van der Waals surface area contributed by atoms with E-state index in [-0.39, 0.29) is 0 Å². The lowest BCUT2D eigenvalue weighted by Gasteiger charge is -1.97. The number of hydrogen-bond donors (Lipinski definition) is 2. The number of para-hydroxylation sites is 2. The number of nitrogens with zero attached hydrogens (tertiary/aromatic N) is 3. The normalized spacial score (nSPS) is 9.18. The SMILES string of the molecule is CNC(OC)=[N+](C)C.c1ccc2n[nH]nc2c1. The van der Waals surface area contributed by atoms with Crippen molar-refractivity contribution in [2.24, 2.45) is 0 Å². The topological polar surface area (TPSA) is 65.8 Å². The Kier molecular flexibility index (Phi) is 4.93. The molecule has 0 spiro atoms. The highest BCUT2D eigenvalue weighted by Crippen LogP contribution is 2.03. The molecule has 0 aliphatic carbocycles. The van der Waals surface area contributed by atoms with Crippen molar-refractivity contribution in [3.8, 4) is 0 Å². The minimum atomic E-state index is 0.769. The molecule has 0 saturated carbocycles. The van der Waals surface area contributed by atoms with E-state index in [1.54, 1.807) is 7.11 Å². The number of ether oxygens (including phenoxy) is 1. The first-order chi connectivity index (χ1) is 8.19. The molecule has 92 valence electrons. The third kappa shape index (κ3) is 3.75. The molecule has 2 aromatic rings. The van der Waals surface area contributed by atoms with Gasteiger partial charge < -0.3 is 4.74 Å². The number of aromatic amines is 1. The van der Waals surface area contributed by atoms with Gasteiger partial charge in [0.15, 0.2) is 0 Å². The second-order valence-electron chi connectivity index (χ2n) is 3.47. The standard InChI is InChI=1S/C6H5N3.C5H12N2O/c1-2-4-6-5(3-1)7-9-8-6;1-6-5(8-4)7(2)3/h1-4H,(H,7,8,9);1-4H3/p+1. The van der Waals surface area contributed by atoms with Gasteiger partial charge in [-0.2, -0.15) is 15.4 Å². The molecular formula is C11H18N5O+. The average molecular weight is 236 g/mol. The summed E-state index contributed by atoms with van der Waals surface area (Å²) in [5.74, 6) is 0. The fraction of sp³-hybridized carbons (Fsp3) is 0.364. The van der Waals surface area contributed by atoms with Crippen LogP contribution in [0.1, 0.15) is 0 Å². The van der Waals surface area contributed by atoms with E-state index in [1.807, 2.05) is 50.0 Å². The van der Waals surface area contributed by atoms with Crippen molar-refractivity contribution >= 4 is 17.1 Å². The van der Waals surface area contributed by atoms with Crippen LogP contribution in [-0.2, 0) is 4.74 Å². The van der Waals surface area contributed by atoms with Gasteiger partial charge in [0.05, 0.1) is 28.3 Å². The smallest absolute Gasteiger partial charge is 0.435 e. The van der Waals surface area contributed by atoms with Crippen LogP contribution < -0.4 is 5.32 Å². The minimum Gasteiger partial charge on any atom is -0.435 e. The Morgan fingerprint density at radius 1 is 1.24 bits per heavy atom. The maximum absolute atomic E-state index is 4.89. The van der Waals surface area contributed by atoms with Crippen molar-refractivity contribution in [1.82, 2.24) is 20.7 Å². The Morgan fingerprint density at radius 2 is 1.76 bits per heavy atom. The zero-order valence-electron chi connectivity index (χ0n) is 10.6. The summed E-state index contributed by atoms with van der Waals surface area (Å²) in [5, 5.41) is 13.2. The Balaban J connectivity index is 0.000000172. The number of amidine groups is 1. The number of methoxy groups -OCH3 is 1. The van der Waals surface area contributed by atoms with Gasteiger partial charge in [-0.05, 0) is 12.1 Å². The van der Waals surface area contributed by atoms with E-state index in [4.69, 9.17) is 4.74 Å². The van der Waals surface area contributed by atoms with E-state index in [0.717, 1.165) is 17.1 Å². The lowest BCUT2D eigenvalue weighted by Crippen LogP contribution is -2.28. The molecule has 0 atom stereocenters. The summed E-state index contributed by atoms with van der Waals surface area (Å²) < 4.78 is 6.75.